The van der Waals surface area contributed by atoms with Gasteiger partial charge in [0.05, 0.1) is 0 Å². The molecule has 0 fully saturated rings. The van der Waals surface area contributed by atoms with Crippen molar-refractivity contribution in [3.8, 4) is 0 Å². The van der Waals surface area contributed by atoms with Gasteiger partial charge < -0.3 is 0 Å². The summed E-state index contributed by atoms with van der Waals surface area (Å²) in [5.41, 5.74) is 0. The van der Waals surface area contributed by atoms with E-state index in [2.05, 4.69) is 26.5 Å². The molecule has 0 rings (SSSR count). The highest BCUT2D eigenvalue weighted by Gasteiger charge is 1.93. The van der Waals surface area contributed by atoms with Crippen molar-refractivity contribution < 1.29 is 0 Å². The summed E-state index contributed by atoms with van der Waals surface area (Å²) >= 11 is 6.33. The van der Waals surface area contributed by atoms with Crippen LogP contribution < -0.4 is 0 Å². The Bertz CT molecular complexity index is 62.3. The number of unbranched alkanes of at least 4 members (excludes halogenated alkanes) is 2. The van der Waals surface area contributed by atoms with E-state index in [1.165, 1.54) is 30.8 Å². The van der Waals surface area contributed by atoms with Crippen LogP contribution in [-0.2, 0) is 0 Å². The van der Waals surface area contributed by atoms with E-state index in [1.54, 1.807) is 0 Å². The molecule has 10 heavy (non-hydrogen) atoms. The first-order valence-corrected chi connectivity index (χ1v) is 5.70. The molecule has 0 spiro atoms. The molecule has 0 nitrogen and oxygen atoms in total. The molecule has 0 saturated heterocycles. The number of thiol groups is 1. The molecule has 1 atom stereocenters. The normalized spacial score (nSPS) is 13.5. The zero-order valence-electron chi connectivity index (χ0n) is 6.97. The Labute approximate surface area is 74.6 Å². The lowest BCUT2D eigenvalue weighted by Gasteiger charge is -2.02. The Balaban J connectivity index is 2.77. The second-order valence-electron chi connectivity index (χ2n) is 2.63. The molecule has 0 heterocycles. The molecule has 0 aliphatic heterocycles. The van der Waals surface area contributed by atoms with E-state index >= 15 is 0 Å². The third-order valence-corrected chi connectivity index (χ3v) is 2.99. The second-order valence-corrected chi connectivity index (χ2v) is 4.66. The Morgan fingerprint density at radius 2 is 2.10 bits per heavy atom. The van der Waals surface area contributed by atoms with E-state index in [9.17, 15) is 0 Å². The van der Waals surface area contributed by atoms with Gasteiger partial charge in [0, 0.05) is 11.0 Å². The Kier molecular flexibility index (Phi) is 8.35. The SMILES string of the molecule is CCCCCSCC(C)S. The first kappa shape index (κ1) is 10.7. The van der Waals surface area contributed by atoms with Gasteiger partial charge in [0.15, 0.2) is 0 Å². The summed E-state index contributed by atoms with van der Waals surface area (Å²) in [7, 11) is 0. The maximum absolute atomic E-state index is 4.30. The van der Waals surface area contributed by atoms with Crippen molar-refractivity contribution in [2.45, 2.75) is 38.4 Å². The lowest BCUT2D eigenvalue weighted by molar-refractivity contribution is 0.778. The summed E-state index contributed by atoms with van der Waals surface area (Å²) in [6, 6.07) is 0. The molecule has 0 saturated carbocycles. The predicted octanol–water partition coefficient (Wildman–Crippen LogP) is 3.23. The van der Waals surface area contributed by atoms with Gasteiger partial charge in [-0.2, -0.15) is 24.4 Å². The van der Waals surface area contributed by atoms with Crippen molar-refractivity contribution >= 4 is 24.4 Å². The van der Waals surface area contributed by atoms with Gasteiger partial charge in [0.1, 0.15) is 0 Å². The molecular formula is C8H18S2. The average molecular weight is 178 g/mol. The third kappa shape index (κ3) is 8.70. The highest BCUT2D eigenvalue weighted by atomic mass is 32.2. The molecule has 0 aliphatic rings. The van der Waals surface area contributed by atoms with E-state index in [4.69, 9.17) is 0 Å². The van der Waals surface area contributed by atoms with Gasteiger partial charge in [0.25, 0.3) is 0 Å². The van der Waals surface area contributed by atoms with E-state index in [1.807, 2.05) is 11.8 Å². The molecule has 62 valence electrons. The summed E-state index contributed by atoms with van der Waals surface area (Å²) in [6.07, 6.45) is 4.09. The summed E-state index contributed by atoms with van der Waals surface area (Å²) < 4.78 is 0. The number of rotatable bonds is 6. The van der Waals surface area contributed by atoms with Crippen molar-refractivity contribution in [2.75, 3.05) is 11.5 Å². The highest BCUT2D eigenvalue weighted by molar-refractivity contribution is 8.00. The van der Waals surface area contributed by atoms with Crippen LogP contribution in [0, 0.1) is 0 Å². The monoisotopic (exact) mass is 178 g/mol. The van der Waals surface area contributed by atoms with Crippen LogP contribution in [0.15, 0.2) is 0 Å². The highest BCUT2D eigenvalue weighted by Crippen LogP contribution is 2.09. The number of hydrogen-bond acceptors (Lipinski definition) is 2. The first-order valence-electron chi connectivity index (χ1n) is 4.03. The predicted molar refractivity (Wildman–Crippen MR) is 55.3 cm³/mol. The fourth-order valence-electron chi connectivity index (χ4n) is 0.708. The van der Waals surface area contributed by atoms with Crippen LogP contribution in [-0.4, -0.2) is 16.8 Å². The van der Waals surface area contributed by atoms with Crippen molar-refractivity contribution in [1.82, 2.24) is 0 Å². The quantitative estimate of drug-likeness (QED) is 0.481. The van der Waals surface area contributed by atoms with Crippen molar-refractivity contribution in [2.24, 2.45) is 0 Å². The summed E-state index contributed by atoms with van der Waals surface area (Å²) in [5, 5.41) is 0.562. The molecule has 0 bridgehead atoms. The molecule has 2 heteroatoms. The molecule has 1 unspecified atom stereocenters. The zero-order valence-corrected chi connectivity index (χ0v) is 8.68. The van der Waals surface area contributed by atoms with Gasteiger partial charge >= 0.3 is 0 Å². The molecular weight excluding hydrogens is 160 g/mol. The van der Waals surface area contributed by atoms with Gasteiger partial charge in [-0.25, -0.2) is 0 Å². The largest absolute Gasteiger partial charge is 0.175 e. The van der Waals surface area contributed by atoms with Crippen LogP contribution in [0.1, 0.15) is 33.1 Å². The van der Waals surface area contributed by atoms with Crippen LogP contribution in [0.25, 0.3) is 0 Å². The van der Waals surface area contributed by atoms with Crippen LogP contribution in [0.4, 0.5) is 0 Å². The van der Waals surface area contributed by atoms with Gasteiger partial charge in [-0.15, -0.1) is 0 Å². The number of thioether (sulfide) groups is 1. The van der Waals surface area contributed by atoms with Gasteiger partial charge in [-0.05, 0) is 12.2 Å². The average Bonchev–Trinajstić information content (AvgIpc) is 1.87. The molecule has 0 aromatic carbocycles. The maximum atomic E-state index is 4.30. The molecule has 0 radical (unpaired) electrons. The lowest BCUT2D eigenvalue weighted by Crippen LogP contribution is -1.95. The molecule has 0 N–H and O–H groups in total. The van der Waals surface area contributed by atoms with Crippen LogP contribution in [0.2, 0.25) is 0 Å². The Morgan fingerprint density at radius 3 is 2.60 bits per heavy atom. The zero-order chi connectivity index (χ0) is 7.82. The fourth-order valence-corrected chi connectivity index (χ4v) is 1.94. The lowest BCUT2D eigenvalue weighted by atomic mass is 10.3. The topological polar surface area (TPSA) is 0 Å². The Morgan fingerprint density at radius 1 is 1.40 bits per heavy atom. The van der Waals surface area contributed by atoms with Gasteiger partial charge in [-0.3, -0.25) is 0 Å². The summed E-state index contributed by atoms with van der Waals surface area (Å²) in [6.45, 7) is 4.39. The summed E-state index contributed by atoms with van der Waals surface area (Å²) in [4.78, 5) is 0. The molecule has 0 amide bonds. The fraction of sp³-hybridized carbons (Fsp3) is 1.00. The third-order valence-electron chi connectivity index (χ3n) is 1.25. The number of hydrogen-bond donors (Lipinski definition) is 1. The van der Waals surface area contributed by atoms with Crippen LogP contribution in [0.3, 0.4) is 0 Å². The van der Waals surface area contributed by atoms with Crippen molar-refractivity contribution in [3.63, 3.8) is 0 Å². The molecule has 0 aliphatic carbocycles. The smallest absolute Gasteiger partial charge is 0.00791 e. The molecule has 0 aromatic rings. The standard InChI is InChI=1S/C8H18S2/c1-3-4-5-6-10-7-8(2)9/h8-9H,3-7H2,1-2H3. The van der Waals surface area contributed by atoms with Gasteiger partial charge in [-0.1, -0.05) is 26.7 Å². The minimum Gasteiger partial charge on any atom is -0.175 e. The minimum absolute atomic E-state index is 0.562. The van der Waals surface area contributed by atoms with Crippen molar-refractivity contribution in [1.29, 1.82) is 0 Å². The van der Waals surface area contributed by atoms with E-state index in [0.717, 1.165) is 0 Å². The van der Waals surface area contributed by atoms with E-state index < -0.39 is 0 Å². The Hall–Kier alpha value is 0.700. The van der Waals surface area contributed by atoms with Crippen LogP contribution >= 0.6 is 24.4 Å². The minimum atomic E-state index is 0.562. The van der Waals surface area contributed by atoms with Gasteiger partial charge in [0.2, 0.25) is 0 Å². The maximum Gasteiger partial charge on any atom is 0.00791 e. The molecule has 0 aromatic heterocycles. The van der Waals surface area contributed by atoms with E-state index in [0.29, 0.717) is 5.25 Å². The first-order chi connectivity index (χ1) is 4.77. The summed E-state index contributed by atoms with van der Waals surface area (Å²) in [5.74, 6) is 2.52. The van der Waals surface area contributed by atoms with Crippen molar-refractivity contribution in [3.05, 3.63) is 0 Å². The van der Waals surface area contributed by atoms with E-state index in [-0.39, 0.29) is 0 Å². The second kappa shape index (κ2) is 7.80. The van der Waals surface area contributed by atoms with Crippen LogP contribution in [0.5, 0.6) is 0 Å².